The number of hydrogen-bond donors (Lipinski definition) is 5. The SMILES string of the molecule is CC/C=C\C/C=C\CCCCCCCCCCCCCCC(O)CC(=O)NC(COP(=O)(O)OCCN)C(O)CCCCCCCCCCCCCCC. The lowest BCUT2D eigenvalue weighted by atomic mass is 10.0. The Morgan fingerprint density at radius 2 is 1.11 bits per heavy atom. The number of nitrogens with one attached hydrogen (secondary N) is 1. The van der Waals surface area contributed by atoms with Gasteiger partial charge in [0.15, 0.2) is 0 Å². The number of unbranched alkanes of at least 4 members (excludes halogenated alkanes) is 24. The second-order valence-electron chi connectivity index (χ2n) is 15.4. The van der Waals surface area contributed by atoms with Crippen molar-refractivity contribution in [1.29, 1.82) is 0 Å². The summed E-state index contributed by atoms with van der Waals surface area (Å²) < 4.78 is 22.1. The maximum absolute atomic E-state index is 12.8. The van der Waals surface area contributed by atoms with E-state index in [1.165, 1.54) is 128 Å². The third-order valence-electron chi connectivity index (χ3n) is 10.1. The normalized spacial score (nSPS) is 14.9. The van der Waals surface area contributed by atoms with Crippen molar-refractivity contribution in [3.8, 4) is 0 Å². The van der Waals surface area contributed by atoms with Gasteiger partial charge in [0.05, 0.1) is 37.9 Å². The number of carbonyl (C=O) groups excluding carboxylic acids is 1. The van der Waals surface area contributed by atoms with Gasteiger partial charge in [-0.3, -0.25) is 13.8 Å². The van der Waals surface area contributed by atoms with Crippen molar-refractivity contribution in [2.24, 2.45) is 5.73 Å². The van der Waals surface area contributed by atoms with E-state index in [4.69, 9.17) is 14.8 Å². The first-order valence-electron chi connectivity index (χ1n) is 22.5. The summed E-state index contributed by atoms with van der Waals surface area (Å²) in [6.07, 6.45) is 42.2. The lowest BCUT2D eigenvalue weighted by Gasteiger charge is -2.25. The molecule has 0 spiro atoms. The molecule has 54 heavy (non-hydrogen) atoms. The Balaban J connectivity index is 4.18. The van der Waals surface area contributed by atoms with Gasteiger partial charge in [-0.2, -0.15) is 0 Å². The molecule has 0 fully saturated rings. The van der Waals surface area contributed by atoms with Crippen LogP contribution in [0.25, 0.3) is 0 Å². The van der Waals surface area contributed by atoms with Crippen molar-refractivity contribution in [2.45, 2.75) is 231 Å². The van der Waals surface area contributed by atoms with Crippen LogP contribution in [0.5, 0.6) is 0 Å². The summed E-state index contributed by atoms with van der Waals surface area (Å²) in [4.78, 5) is 22.8. The molecule has 0 bridgehead atoms. The maximum Gasteiger partial charge on any atom is 0.472 e. The first-order valence-corrected chi connectivity index (χ1v) is 24.0. The zero-order valence-corrected chi connectivity index (χ0v) is 36.0. The largest absolute Gasteiger partial charge is 0.472 e. The van der Waals surface area contributed by atoms with Crippen LogP contribution in [-0.4, -0.2) is 59.0 Å². The Morgan fingerprint density at radius 1 is 0.648 bits per heavy atom. The fraction of sp³-hybridized carbons (Fsp3) is 0.886. The highest BCUT2D eigenvalue weighted by Crippen LogP contribution is 2.43. The molecule has 0 aliphatic rings. The molecule has 0 saturated carbocycles. The van der Waals surface area contributed by atoms with Gasteiger partial charge in [0, 0.05) is 6.54 Å². The van der Waals surface area contributed by atoms with Crippen molar-refractivity contribution in [3.05, 3.63) is 24.3 Å². The lowest BCUT2D eigenvalue weighted by molar-refractivity contribution is -0.125. The molecule has 0 aliphatic carbocycles. The highest BCUT2D eigenvalue weighted by atomic mass is 31.2. The zero-order valence-electron chi connectivity index (χ0n) is 35.1. The zero-order chi connectivity index (χ0) is 39.8. The fourth-order valence-corrected chi connectivity index (χ4v) is 7.51. The number of aliphatic hydroxyl groups excluding tert-OH is 2. The maximum atomic E-state index is 12.8. The molecule has 4 atom stereocenters. The summed E-state index contributed by atoms with van der Waals surface area (Å²) in [6, 6.07) is -0.894. The van der Waals surface area contributed by atoms with Gasteiger partial charge in [-0.15, -0.1) is 0 Å². The number of amides is 1. The predicted molar refractivity (Wildman–Crippen MR) is 227 cm³/mol. The molecule has 6 N–H and O–H groups in total. The van der Waals surface area contributed by atoms with Gasteiger partial charge in [0.25, 0.3) is 0 Å². The molecular formula is C44H87N2O7P. The summed E-state index contributed by atoms with van der Waals surface area (Å²) >= 11 is 0. The van der Waals surface area contributed by atoms with E-state index in [-0.39, 0.29) is 26.2 Å². The molecule has 0 aromatic carbocycles. The van der Waals surface area contributed by atoms with Crippen LogP contribution in [0.4, 0.5) is 0 Å². The molecule has 0 saturated heterocycles. The molecule has 4 unspecified atom stereocenters. The van der Waals surface area contributed by atoms with Crippen LogP contribution in [0.3, 0.4) is 0 Å². The van der Waals surface area contributed by atoms with E-state index in [0.29, 0.717) is 12.8 Å². The number of phosphoric acid groups is 1. The quantitative estimate of drug-likeness (QED) is 0.0233. The van der Waals surface area contributed by atoms with Gasteiger partial charge in [0.2, 0.25) is 5.91 Å². The third-order valence-corrected chi connectivity index (χ3v) is 11.1. The molecular weight excluding hydrogens is 699 g/mol. The highest BCUT2D eigenvalue weighted by Gasteiger charge is 2.28. The first-order chi connectivity index (χ1) is 26.3. The molecule has 0 aromatic rings. The lowest BCUT2D eigenvalue weighted by Crippen LogP contribution is -2.47. The molecule has 0 heterocycles. The molecule has 9 nitrogen and oxygen atoms in total. The smallest absolute Gasteiger partial charge is 0.393 e. The molecule has 0 aliphatic heterocycles. The summed E-state index contributed by atoms with van der Waals surface area (Å²) in [5.74, 6) is -0.413. The number of aliphatic hydroxyl groups is 2. The number of nitrogens with two attached hydrogens (primary N) is 1. The van der Waals surface area contributed by atoms with E-state index in [0.717, 1.165) is 51.4 Å². The van der Waals surface area contributed by atoms with E-state index in [1.54, 1.807) is 0 Å². The van der Waals surface area contributed by atoms with Crippen molar-refractivity contribution < 1.29 is 33.5 Å². The Labute approximate surface area is 332 Å². The van der Waals surface area contributed by atoms with Gasteiger partial charge in [-0.05, 0) is 38.5 Å². The van der Waals surface area contributed by atoms with E-state index in [2.05, 4.69) is 43.5 Å². The number of phosphoric ester groups is 1. The summed E-state index contributed by atoms with van der Waals surface area (Å²) in [6.45, 7) is 3.95. The van der Waals surface area contributed by atoms with Crippen LogP contribution >= 0.6 is 7.82 Å². The topological polar surface area (TPSA) is 151 Å². The molecule has 0 rings (SSSR count). The third kappa shape index (κ3) is 37.8. The van der Waals surface area contributed by atoms with Crippen LogP contribution in [0.2, 0.25) is 0 Å². The van der Waals surface area contributed by atoms with Gasteiger partial charge in [0.1, 0.15) is 0 Å². The van der Waals surface area contributed by atoms with Crippen molar-refractivity contribution in [2.75, 3.05) is 19.8 Å². The van der Waals surface area contributed by atoms with Crippen LogP contribution in [0, 0.1) is 0 Å². The Hall–Kier alpha value is -1.06. The second-order valence-corrected chi connectivity index (χ2v) is 16.9. The van der Waals surface area contributed by atoms with Crippen LogP contribution in [0.15, 0.2) is 24.3 Å². The summed E-state index contributed by atoms with van der Waals surface area (Å²) in [5, 5.41) is 24.2. The Kier molecular flexibility index (Phi) is 39.4. The average molecular weight is 787 g/mol. The minimum atomic E-state index is -4.37. The number of hydrogen-bond acceptors (Lipinski definition) is 7. The van der Waals surface area contributed by atoms with Crippen molar-refractivity contribution in [3.63, 3.8) is 0 Å². The average Bonchev–Trinajstić information content (AvgIpc) is 3.15. The van der Waals surface area contributed by atoms with Crippen LogP contribution in [0.1, 0.15) is 213 Å². The molecule has 10 heteroatoms. The minimum absolute atomic E-state index is 0.0601. The number of rotatable bonds is 42. The highest BCUT2D eigenvalue weighted by molar-refractivity contribution is 7.47. The first kappa shape index (κ1) is 52.9. The van der Waals surface area contributed by atoms with E-state index in [1.807, 2.05) is 0 Å². The molecule has 320 valence electrons. The minimum Gasteiger partial charge on any atom is -0.393 e. The van der Waals surface area contributed by atoms with Crippen LogP contribution < -0.4 is 11.1 Å². The van der Waals surface area contributed by atoms with Gasteiger partial charge >= 0.3 is 7.82 Å². The van der Waals surface area contributed by atoms with Gasteiger partial charge in [-0.1, -0.05) is 192 Å². The van der Waals surface area contributed by atoms with Crippen LogP contribution in [-0.2, 0) is 18.4 Å². The molecule has 0 aromatic heterocycles. The number of carbonyl (C=O) groups is 1. The summed E-state index contributed by atoms with van der Waals surface area (Å²) in [7, 11) is -4.37. The standard InChI is InChI=1S/C44H87N2O7P/c1-3-5-7-9-11-13-15-17-18-19-20-21-22-24-25-27-29-31-33-35-41(47)39-44(49)46-42(40-53-54(50,51)52-38-37-45)43(48)36-34-32-30-28-26-23-16-14-12-10-8-6-4-2/h5,7,11,13,41-43,47-48H,3-4,6,8-10,12,14-40,45H2,1-2H3,(H,46,49)(H,50,51)/b7-5-,13-11-. The predicted octanol–water partition coefficient (Wildman–Crippen LogP) is 11.5. The Morgan fingerprint density at radius 3 is 1.61 bits per heavy atom. The summed E-state index contributed by atoms with van der Waals surface area (Å²) in [5.41, 5.74) is 5.37. The van der Waals surface area contributed by atoms with E-state index >= 15 is 0 Å². The Bertz CT molecular complexity index is 919. The molecule has 1 amide bonds. The van der Waals surface area contributed by atoms with Crippen molar-refractivity contribution in [1.82, 2.24) is 5.32 Å². The van der Waals surface area contributed by atoms with E-state index in [9.17, 15) is 24.5 Å². The fourth-order valence-electron chi connectivity index (χ4n) is 6.75. The van der Waals surface area contributed by atoms with E-state index < -0.39 is 32.0 Å². The molecule has 0 radical (unpaired) electrons. The second kappa shape index (κ2) is 40.1. The van der Waals surface area contributed by atoms with Crippen molar-refractivity contribution >= 4 is 13.7 Å². The number of allylic oxidation sites excluding steroid dienone is 4. The van der Waals surface area contributed by atoms with Gasteiger partial charge < -0.3 is 26.2 Å². The monoisotopic (exact) mass is 787 g/mol. The van der Waals surface area contributed by atoms with Gasteiger partial charge in [-0.25, -0.2) is 4.57 Å².